The third kappa shape index (κ3) is 2.73. The number of amides is 3. The van der Waals surface area contributed by atoms with E-state index in [0.717, 1.165) is 4.90 Å². The molecule has 2 aliphatic rings. The Kier molecular flexibility index (Phi) is 3.94. The molecular formula is C17H15N3O3. The minimum Gasteiger partial charge on any atom is -0.323 e. The number of nitrogens with zero attached hydrogens (tertiary/aromatic N) is 2. The maximum atomic E-state index is 12.3. The van der Waals surface area contributed by atoms with E-state index in [0.29, 0.717) is 24.1 Å². The fourth-order valence-corrected chi connectivity index (χ4v) is 3.05. The second kappa shape index (κ2) is 6.05. The Bertz CT molecular complexity index is 722. The Morgan fingerprint density at radius 1 is 1.17 bits per heavy atom. The molecule has 1 fully saturated rings. The molecule has 1 heterocycles. The molecule has 1 aromatic carbocycles. The number of imide groups is 1. The van der Waals surface area contributed by atoms with Gasteiger partial charge in [0.1, 0.15) is 12.6 Å². The van der Waals surface area contributed by atoms with E-state index in [1.54, 1.807) is 24.3 Å². The molecule has 3 amide bonds. The van der Waals surface area contributed by atoms with Crippen molar-refractivity contribution in [1.29, 1.82) is 5.26 Å². The predicted molar refractivity (Wildman–Crippen MR) is 81.9 cm³/mol. The average Bonchev–Trinajstić information content (AvgIpc) is 2.81. The van der Waals surface area contributed by atoms with Crippen molar-refractivity contribution < 1.29 is 14.4 Å². The molecule has 1 aromatic rings. The molecule has 2 atom stereocenters. The number of fused-ring (bicyclic) bond motifs is 1. The topological polar surface area (TPSA) is 90.3 Å². The minimum atomic E-state index is -0.485. The van der Waals surface area contributed by atoms with Gasteiger partial charge < -0.3 is 5.32 Å². The molecule has 0 aromatic heterocycles. The number of anilines is 1. The van der Waals surface area contributed by atoms with Gasteiger partial charge in [0.05, 0.1) is 23.1 Å². The Morgan fingerprint density at radius 3 is 2.39 bits per heavy atom. The molecule has 0 bridgehead atoms. The second-order valence-electron chi connectivity index (χ2n) is 5.62. The van der Waals surface area contributed by atoms with Crippen LogP contribution in [0.25, 0.3) is 0 Å². The molecule has 23 heavy (non-hydrogen) atoms. The highest BCUT2D eigenvalue weighted by atomic mass is 16.2. The van der Waals surface area contributed by atoms with Crippen molar-refractivity contribution in [2.75, 3.05) is 11.9 Å². The average molecular weight is 309 g/mol. The lowest BCUT2D eigenvalue weighted by atomic mass is 9.85. The van der Waals surface area contributed by atoms with Crippen molar-refractivity contribution in [1.82, 2.24) is 4.90 Å². The Hall–Kier alpha value is -2.94. The highest BCUT2D eigenvalue weighted by Gasteiger charge is 2.47. The van der Waals surface area contributed by atoms with Gasteiger partial charge in [-0.2, -0.15) is 5.26 Å². The highest BCUT2D eigenvalue weighted by Crippen LogP contribution is 2.34. The molecule has 3 rings (SSSR count). The lowest BCUT2D eigenvalue weighted by Crippen LogP contribution is -2.38. The third-order valence-electron chi connectivity index (χ3n) is 4.22. The third-order valence-corrected chi connectivity index (χ3v) is 4.22. The molecule has 0 saturated carbocycles. The largest absolute Gasteiger partial charge is 0.323 e. The number of carbonyl (C=O) groups excluding carboxylic acids is 3. The van der Waals surface area contributed by atoms with Gasteiger partial charge in [-0.3, -0.25) is 19.3 Å². The summed E-state index contributed by atoms with van der Waals surface area (Å²) >= 11 is 0. The van der Waals surface area contributed by atoms with E-state index in [1.165, 1.54) is 0 Å². The van der Waals surface area contributed by atoms with Crippen molar-refractivity contribution in [3.05, 3.63) is 42.0 Å². The Balaban J connectivity index is 1.70. The number of allylic oxidation sites excluding steroid dienone is 2. The molecule has 1 aliphatic heterocycles. The van der Waals surface area contributed by atoms with Gasteiger partial charge in [-0.05, 0) is 25.0 Å². The van der Waals surface area contributed by atoms with Gasteiger partial charge in [0.15, 0.2) is 0 Å². The first-order valence-electron chi connectivity index (χ1n) is 7.41. The van der Waals surface area contributed by atoms with Gasteiger partial charge in [-0.25, -0.2) is 0 Å². The summed E-state index contributed by atoms with van der Waals surface area (Å²) in [5.74, 6) is -1.74. The van der Waals surface area contributed by atoms with Gasteiger partial charge >= 0.3 is 0 Å². The number of benzene rings is 1. The first-order valence-corrected chi connectivity index (χ1v) is 7.41. The summed E-state index contributed by atoms with van der Waals surface area (Å²) in [6, 6.07) is 8.56. The number of para-hydroxylation sites is 1. The first kappa shape index (κ1) is 15.0. The van der Waals surface area contributed by atoms with Crippen LogP contribution in [0.5, 0.6) is 0 Å². The highest BCUT2D eigenvalue weighted by molar-refractivity contribution is 6.09. The molecule has 6 heteroatoms. The zero-order valence-electron chi connectivity index (χ0n) is 12.4. The molecule has 0 radical (unpaired) electrons. The van der Waals surface area contributed by atoms with Gasteiger partial charge in [-0.15, -0.1) is 0 Å². The quantitative estimate of drug-likeness (QED) is 0.676. The van der Waals surface area contributed by atoms with Crippen LogP contribution in [0.4, 0.5) is 5.69 Å². The first-order chi connectivity index (χ1) is 11.1. The van der Waals surface area contributed by atoms with Gasteiger partial charge in [0.25, 0.3) is 0 Å². The van der Waals surface area contributed by atoms with Crippen molar-refractivity contribution in [3.63, 3.8) is 0 Å². The van der Waals surface area contributed by atoms with Crippen molar-refractivity contribution in [2.24, 2.45) is 11.8 Å². The molecule has 0 unspecified atom stereocenters. The number of nitrogens with one attached hydrogen (secondary N) is 1. The summed E-state index contributed by atoms with van der Waals surface area (Å²) < 4.78 is 0. The molecule has 1 N–H and O–H groups in total. The van der Waals surface area contributed by atoms with E-state index >= 15 is 0 Å². The summed E-state index contributed by atoms with van der Waals surface area (Å²) in [5.41, 5.74) is 0.705. The van der Waals surface area contributed by atoms with Crippen LogP contribution in [0.15, 0.2) is 36.4 Å². The Labute approximate surface area is 133 Å². The maximum Gasteiger partial charge on any atom is 0.244 e. The van der Waals surface area contributed by atoms with Crippen LogP contribution in [-0.4, -0.2) is 29.2 Å². The van der Waals surface area contributed by atoms with Crippen LogP contribution in [0.2, 0.25) is 0 Å². The van der Waals surface area contributed by atoms with Gasteiger partial charge in [0, 0.05) is 0 Å². The molecular weight excluding hydrogens is 294 g/mol. The molecule has 6 nitrogen and oxygen atoms in total. The summed E-state index contributed by atoms with van der Waals surface area (Å²) in [4.78, 5) is 37.8. The summed E-state index contributed by atoms with van der Waals surface area (Å²) in [5, 5.41) is 11.6. The van der Waals surface area contributed by atoms with E-state index in [1.807, 2.05) is 18.2 Å². The number of likely N-dealkylation sites (tertiary alicyclic amines) is 1. The summed E-state index contributed by atoms with van der Waals surface area (Å²) in [7, 11) is 0. The zero-order chi connectivity index (χ0) is 16.4. The van der Waals surface area contributed by atoms with Crippen molar-refractivity contribution in [2.45, 2.75) is 12.8 Å². The SMILES string of the molecule is N#Cc1ccccc1NC(=O)CN1C(=O)[C@H]2CC=CC[C@H]2C1=O. The number of hydrogen-bond donors (Lipinski definition) is 1. The number of hydrogen-bond acceptors (Lipinski definition) is 4. The summed E-state index contributed by atoms with van der Waals surface area (Å²) in [6.45, 7) is -0.315. The molecule has 116 valence electrons. The van der Waals surface area contributed by atoms with E-state index in [2.05, 4.69) is 5.32 Å². The predicted octanol–water partition coefficient (Wildman–Crippen LogP) is 1.45. The fraction of sp³-hybridized carbons (Fsp3) is 0.294. The van der Waals surface area contributed by atoms with E-state index in [9.17, 15) is 14.4 Å². The van der Waals surface area contributed by atoms with E-state index in [4.69, 9.17) is 5.26 Å². The zero-order valence-corrected chi connectivity index (χ0v) is 12.4. The van der Waals surface area contributed by atoms with Crippen LogP contribution in [-0.2, 0) is 14.4 Å². The number of rotatable bonds is 3. The smallest absolute Gasteiger partial charge is 0.244 e. The van der Waals surface area contributed by atoms with Gasteiger partial charge in [0.2, 0.25) is 17.7 Å². The molecule has 0 spiro atoms. The monoisotopic (exact) mass is 309 g/mol. The lowest BCUT2D eigenvalue weighted by Gasteiger charge is -2.14. The fourth-order valence-electron chi connectivity index (χ4n) is 3.05. The summed E-state index contributed by atoms with van der Waals surface area (Å²) in [6.07, 6.45) is 4.90. The van der Waals surface area contributed by atoms with Crippen LogP contribution >= 0.6 is 0 Å². The van der Waals surface area contributed by atoms with E-state index < -0.39 is 5.91 Å². The van der Waals surface area contributed by atoms with Gasteiger partial charge in [-0.1, -0.05) is 24.3 Å². The van der Waals surface area contributed by atoms with Crippen molar-refractivity contribution in [3.8, 4) is 6.07 Å². The molecule has 1 aliphatic carbocycles. The number of nitriles is 1. The standard InChI is InChI=1S/C17H15N3O3/c18-9-11-5-1-4-8-14(11)19-15(21)10-20-16(22)12-6-2-3-7-13(12)17(20)23/h1-5,8,12-13H,6-7,10H2,(H,19,21)/t12-,13+. The molecule has 1 saturated heterocycles. The van der Waals surface area contributed by atoms with Crippen molar-refractivity contribution >= 4 is 23.4 Å². The second-order valence-corrected chi connectivity index (χ2v) is 5.62. The van der Waals surface area contributed by atoms with Crippen LogP contribution in [0.1, 0.15) is 18.4 Å². The van der Waals surface area contributed by atoms with E-state index in [-0.39, 0.29) is 30.2 Å². The minimum absolute atomic E-state index is 0.284. The number of carbonyl (C=O) groups is 3. The van der Waals surface area contributed by atoms with Crippen LogP contribution in [0, 0.1) is 23.2 Å². The Morgan fingerprint density at radius 2 is 1.78 bits per heavy atom. The van der Waals surface area contributed by atoms with Crippen LogP contribution < -0.4 is 5.32 Å². The van der Waals surface area contributed by atoms with Crippen LogP contribution in [0.3, 0.4) is 0 Å². The maximum absolute atomic E-state index is 12.3. The lowest BCUT2D eigenvalue weighted by molar-refractivity contribution is -0.142. The normalized spacial score (nSPS) is 22.7.